The molecule has 0 heterocycles. The molecule has 146 valence electrons. The molecule has 0 unspecified atom stereocenters. The van der Waals surface area contributed by atoms with E-state index in [2.05, 4.69) is 48.1 Å². The van der Waals surface area contributed by atoms with Gasteiger partial charge in [0.25, 0.3) is 11.8 Å². The van der Waals surface area contributed by atoms with Crippen molar-refractivity contribution in [1.29, 1.82) is 0 Å². The highest BCUT2D eigenvalue weighted by molar-refractivity contribution is 5.97. The summed E-state index contributed by atoms with van der Waals surface area (Å²) in [6, 6.07) is 6.80. The maximum absolute atomic E-state index is 12.2. The Morgan fingerprint density at radius 3 is 1.27 bits per heavy atom. The summed E-state index contributed by atoms with van der Waals surface area (Å²) in [5.41, 5.74) is 1.15. The molecule has 1 aromatic carbocycles. The predicted molar refractivity (Wildman–Crippen MR) is 107 cm³/mol. The minimum absolute atomic E-state index is 0.106. The highest BCUT2D eigenvalue weighted by Gasteiger charge is 2.09. The first kappa shape index (κ1) is 22.1. The minimum atomic E-state index is -0.106. The number of hydrogen-bond donors (Lipinski definition) is 2. The third kappa shape index (κ3) is 7.54. The highest BCUT2D eigenvalue weighted by Crippen LogP contribution is 2.04. The summed E-state index contributed by atoms with van der Waals surface area (Å²) in [7, 11) is 0. The van der Waals surface area contributed by atoms with Gasteiger partial charge < -0.3 is 20.4 Å². The predicted octanol–water partition coefficient (Wildman–Crippen LogP) is 1.83. The lowest BCUT2D eigenvalue weighted by Gasteiger charge is -2.18. The number of nitrogens with one attached hydrogen (secondary N) is 2. The van der Waals surface area contributed by atoms with Gasteiger partial charge in [0.2, 0.25) is 0 Å². The minimum Gasteiger partial charge on any atom is -0.351 e. The maximum Gasteiger partial charge on any atom is 0.251 e. The second-order valence-corrected chi connectivity index (χ2v) is 6.14. The number of likely N-dealkylation sites (N-methyl/N-ethyl adjacent to an activating group) is 2. The molecule has 6 nitrogen and oxygen atoms in total. The van der Waals surface area contributed by atoms with E-state index in [1.807, 2.05) is 0 Å². The number of benzene rings is 1. The smallest absolute Gasteiger partial charge is 0.251 e. The number of amides is 2. The average molecular weight is 363 g/mol. The Morgan fingerprint density at radius 1 is 0.692 bits per heavy atom. The van der Waals surface area contributed by atoms with E-state index in [1.54, 1.807) is 24.3 Å². The Hall–Kier alpha value is -1.92. The van der Waals surface area contributed by atoms with Gasteiger partial charge in [-0.15, -0.1) is 0 Å². The average Bonchev–Trinajstić information content (AvgIpc) is 2.68. The van der Waals surface area contributed by atoms with Gasteiger partial charge in [0.05, 0.1) is 0 Å². The molecule has 2 N–H and O–H groups in total. The van der Waals surface area contributed by atoms with Gasteiger partial charge in [-0.25, -0.2) is 0 Å². The van der Waals surface area contributed by atoms with Crippen LogP contribution >= 0.6 is 0 Å². The van der Waals surface area contributed by atoms with E-state index in [0.29, 0.717) is 24.2 Å². The van der Waals surface area contributed by atoms with Crippen LogP contribution in [-0.4, -0.2) is 74.0 Å². The van der Waals surface area contributed by atoms with Crippen LogP contribution in [0.1, 0.15) is 48.4 Å². The number of nitrogens with zero attached hydrogens (tertiary/aromatic N) is 2. The largest absolute Gasteiger partial charge is 0.351 e. The molecule has 0 bridgehead atoms. The third-order valence-corrected chi connectivity index (χ3v) is 4.63. The SMILES string of the molecule is CCN(CC)CCNC(=O)c1ccc(C(=O)NCCN(CC)CC)cc1. The number of rotatable bonds is 12. The Balaban J connectivity index is 2.44. The molecule has 6 heteroatoms. The van der Waals surface area contributed by atoms with Gasteiger partial charge in [-0.05, 0) is 50.4 Å². The fraction of sp³-hybridized carbons (Fsp3) is 0.600. The molecule has 0 fully saturated rings. The van der Waals surface area contributed by atoms with Crippen molar-refractivity contribution in [3.05, 3.63) is 35.4 Å². The summed E-state index contributed by atoms with van der Waals surface area (Å²) >= 11 is 0. The van der Waals surface area contributed by atoms with Gasteiger partial charge in [0, 0.05) is 37.3 Å². The molecule has 0 aliphatic carbocycles. The molecule has 0 aromatic heterocycles. The summed E-state index contributed by atoms with van der Waals surface area (Å²) in [5.74, 6) is -0.212. The Bertz CT molecular complexity index is 488. The van der Waals surface area contributed by atoms with E-state index in [0.717, 1.165) is 39.3 Å². The Labute approximate surface area is 157 Å². The monoisotopic (exact) mass is 362 g/mol. The molecule has 0 saturated carbocycles. The second-order valence-electron chi connectivity index (χ2n) is 6.14. The van der Waals surface area contributed by atoms with Gasteiger partial charge in [0.15, 0.2) is 0 Å². The van der Waals surface area contributed by atoms with Crippen molar-refractivity contribution in [2.75, 3.05) is 52.4 Å². The first-order valence-electron chi connectivity index (χ1n) is 9.66. The summed E-state index contributed by atoms with van der Waals surface area (Å²) < 4.78 is 0. The van der Waals surface area contributed by atoms with Crippen LogP contribution in [0.25, 0.3) is 0 Å². The molecule has 26 heavy (non-hydrogen) atoms. The van der Waals surface area contributed by atoms with Gasteiger partial charge in [-0.1, -0.05) is 27.7 Å². The molecular formula is C20H34N4O2. The fourth-order valence-corrected chi connectivity index (χ4v) is 2.71. The highest BCUT2D eigenvalue weighted by atomic mass is 16.2. The van der Waals surface area contributed by atoms with E-state index < -0.39 is 0 Å². The van der Waals surface area contributed by atoms with Gasteiger partial charge in [-0.3, -0.25) is 9.59 Å². The topological polar surface area (TPSA) is 64.7 Å². The summed E-state index contributed by atoms with van der Waals surface area (Å²) in [4.78, 5) is 28.8. The van der Waals surface area contributed by atoms with Crippen LogP contribution in [0, 0.1) is 0 Å². The quantitative estimate of drug-likeness (QED) is 0.595. The second kappa shape index (κ2) is 12.4. The number of hydrogen-bond acceptors (Lipinski definition) is 4. The van der Waals surface area contributed by atoms with Gasteiger partial charge in [0.1, 0.15) is 0 Å². The first-order chi connectivity index (χ1) is 12.5. The molecule has 0 aliphatic rings. The van der Waals surface area contributed by atoms with Gasteiger partial charge in [-0.2, -0.15) is 0 Å². The number of carbonyl (C=O) groups is 2. The Kier molecular flexibility index (Phi) is 10.6. The van der Waals surface area contributed by atoms with Crippen LogP contribution in [0.15, 0.2) is 24.3 Å². The fourth-order valence-electron chi connectivity index (χ4n) is 2.71. The van der Waals surface area contributed by atoms with E-state index in [9.17, 15) is 9.59 Å². The molecule has 1 aromatic rings. The third-order valence-electron chi connectivity index (χ3n) is 4.63. The van der Waals surface area contributed by atoms with Crippen LogP contribution in [0.2, 0.25) is 0 Å². The molecule has 0 aliphatic heterocycles. The standard InChI is InChI=1S/C20H34N4O2/c1-5-23(6-2)15-13-21-19(25)17-9-11-18(12-10-17)20(26)22-14-16-24(7-3)8-4/h9-12H,5-8,13-16H2,1-4H3,(H,21,25)(H,22,26). The summed E-state index contributed by atoms with van der Waals surface area (Å²) in [5, 5.41) is 5.84. The molecule has 0 radical (unpaired) electrons. The molecule has 0 spiro atoms. The molecule has 1 rings (SSSR count). The lowest BCUT2D eigenvalue weighted by molar-refractivity contribution is 0.0937. The van der Waals surface area contributed by atoms with Crippen molar-refractivity contribution in [3.8, 4) is 0 Å². The lowest BCUT2D eigenvalue weighted by atomic mass is 10.1. The summed E-state index contributed by atoms with van der Waals surface area (Å²) in [6.45, 7) is 15.3. The van der Waals surface area contributed by atoms with Crippen molar-refractivity contribution < 1.29 is 9.59 Å². The van der Waals surface area contributed by atoms with Crippen molar-refractivity contribution in [2.45, 2.75) is 27.7 Å². The van der Waals surface area contributed by atoms with Crippen LogP contribution in [-0.2, 0) is 0 Å². The molecule has 0 saturated heterocycles. The van der Waals surface area contributed by atoms with Crippen LogP contribution in [0.4, 0.5) is 0 Å². The molecule has 0 atom stereocenters. The van der Waals surface area contributed by atoms with Crippen molar-refractivity contribution >= 4 is 11.8 Å². The molecule has 2 amide bonds. The zero-order valence-corrected chi connectivity index (χ0v) is 16.7. The van der Waals surface area contributed by atoms with E-state index in [-0.39, 0.29) is 11.8 Å². The molecular weight excluding hydrogens is 328 g/mol. The van der Waals surface area contributed by atoms with E-state index in [4.69, 9.17) is 0 Å². The maximum atomic E-state index is 12.2. The normalized spacial score (nSPS) is 11.0. The van der Waals surface area contributed by atoms with Crippen LogP contribution in [0.3, 0.4) is 0 Å². The first-order valence-corrected chi connectivity index (χ1v) is 9.66. The van der Waals surface area contributed by atoms with Crippen molar-refractivity contribution in [2.24, 2.45) is 0 Å². The lowest BCUT2D eigenvalue weighted by Crippen LogP contribution is -2.35. The van der Waals surface area contributed by atoms with E-state index in [1.165, 1.54) is 0 Å². The Morgan fingerprint density at radius 2 is 1.00 bits per heavy atom. The van der Waals surface area contributed by atoms with Gasteiger partial charge >= 0.3 is 0 Å². The van der Waals surface area contributed by atoms with E-state index >= 15 is 0 Å². The van der Waals surface area contributed by atoms with Crippen LogP contribution in [0.5, 0.6) is 0 Å². The number of carbonyl (C=O) groups excluding carboxylic acids is 2. The zero-order chi connectivity index (χ0) is 19.4. The van der Waals surface area contributed by atoms with Crippen molar-refractivity contribution in [3.63, 3.8) is 0 Å². The zero-order valence-electron chi connectivity index (χ0n) is 16.7. The van der Waals surface area contributed by atoms with Crippen LogP contribution < -0.4 is 10.6 Å². The van der Waals surface area contributed by atoms with Crippen molar-refractivity contribution in [1.82, 2.24) is 20.4 Å². The summed E-state index contributed by atoms with van der Waals surface area (Å²) in [6.07, 6.45) is 0.